The summed E-state index contributed by atoms with van der Waals surface area (Å²) in [5.41, 5.74) is 1.90. The zero-order chi connectivity index (χ0) is 6.91. The van der Waals surface area contributed by atoms with Gasteiger partial charge in [0.15, 0.2) is 0 Å². The summed E-state index contributed by atoms with van der Waals surface area (Å²) < 4.78 is 0. The summed E-state index contributed by atoms with van der Waals surface area (Å²) in [5, 5.41) is 3.33. The molecule has 52 valence electrons. The molecule has 1 aliphatic heterocycles. The van der Waals surface area contributed by atoms with E-state index < -0.39 is 0 Å². The molecular formula is C8H15N. The van der Waals surface area contributed by atoms with Gasteiger partial charge < -0.3 is 5.32 Å². The van der Waals surface area contributed by atoms with Crippen LogP contribution in [-0.2, 0) is 0 Å². The van der Waals surface area contributed by atoms with E-state index in [-0.39, 0.29) is 0 Å². The van der Waals surface area contributed by atoms with Gasteiger partial charge in [-0.05, 0) is 12.3 Å². The Balaban J connectivity index is 2.73. The van der Waals surface area contributed by atoms with Gasteiger partial charge >= 0.3 is 0 Å². The molecule has 9 heavy (non-hydrogen) atoms. The summed E-state index contributed by atoms with van der Waals surface area (Å²) >= 11 is 0. The molecule has 1 nitrogen and oxygen atoms in total. The zero-order valence-corrected chi connectivity index (χ0v) is 6.49. The van der Waals surface area contributed by atoms with Gasteiger partial charge in [-0.3, -0.25) is 0 Å². The van der Waals surface area contributed by atoms with Crippen LogP contribution in [0.1, 0.15) is 20.8 Å². The molecule has 0 aromatic carbocycles. The maximum Gasteiger partial charge on any atom is 0.0137 e. The topological polar surface area (TPSA) is 12.0 Å². The van der Waals surface area contributed by atoms with Gasteiger partial charge in [0.05, 0.1) is 0 Å². The van der Waals surface area contributed by atoms with Crippen molar-refractivity contribution in [3.05, 3.63) is 11.6 Å². The summed E-state index contributed by atoms with van der Waals surface area (Å²) in [6.45, 7) is 8.92. The Morgan fingerprint density at radius 3 is 2.56 bits per heavy atom. The van der Waals surface area contributed by atoms with Gasteiger partial charge in [0, 0.05) is 13.1 Å². The molecule has 0 aromatic heterocycles. The second-order valence-corrected chi connectivity index (χ2v) is 3.40. The van der Waals surface area contributed by atoms with E-state index in [9.17, 15) is 0 Å². The molecule has 1 aliphatic rings. The van der Waals surface area contributed by atoms with Crippen LogP contribution in [0.4, 0.5) is 0 Å². The molecule has 0 aromatic rings. The summed E-state index contributed by atoms with van der Waals surface area (Å²) in [6.07, 6.45) is 2.27. The molecular weight excluding hydrogens is 110 g/mol. The Kier molecular flexibility index (Phi) is 1.62. The fourth-order valence-electron chi connectivity index (χ4n) is 1.03. The molecule has 0 amide bonds. The highest BCUT2D eigenvalue weighted by atomic mass is 14.9. The van der Waals surface area contributed by atoms with Crippen LogP contribution >= 0.6 is 0 Å². The molecule has 0 spiro atoms. The van der Waals surface area contributed by atoms with E-state index in [1.807, 2.05) is 0 Å². The van der Waals surface area contributed by atoms with Crippen molar-refractivity contribution in [3.63, 3.8) is 0 Å². The molecule has 1 heteroatoms. The first-order chi connectivity index (χ1) is 4.13. The van der Waals surface area contributed by atoms with Crippen LogP contribution in [-0.4, -0.2) is 13.1 Å². The van der Waals surface area contributed by atoms with Crippen molar-refractivity contribution in [2.24, 2.45) is 5.41 Å². The average Bonchev–Trinajstić information content (AvgIpc) is 1.77. The molecule has 1 N–H and O–H groups in total. The predicted octanol–water partition coefficient (Wildman–Crippen LogP) is 1.56. The molecule has 0 aliphatic carbocycles. The maximum absolute atomic E-state index is 3.33. The average molecular weight is 125 g/mol. The molecule has 1 rings (SSSR count). The van der Waals surface area contributed by atoms with Crippen molar-refractivity contribution in [2.75, 3.05) is 13.1 Å². The second-order valence-electron chi connectivity index (χ2n) is 3.40. The highest BCUT2D eigenvalue weighted by Gasteiger charge is 2.21. The Morgan fingerprint density at radius 2 is 2.22 bits per heavy atom. The van der Waals surface area contributed by atoms with Gasteiger partial charge in [-0.25, -0.2) is 0 Å². The van der Waals surface area contributed by atoms with E-state index in [4.69, 9.17) is 0 Å². The minimum Gasteiger partial charge on any atom is -0.312 e. The first-order valence-corrected chi connectivity index (χ1v) is 3.51. The number of nitrogens with one attached hydrogen (secondary N) is 1. The van der Waals surface area contributed by atoms with Gasteiger partial charge in [0.1, 0.15) is 0 Å². The zero-order valence-electron chi connectivity index (χ0n) is 6.49. The molecule has 0 saturated heterocycles. The van der Waals surface area contributed by atoms with Crippen molar-refractivity contribution >= 4 is 0 Å². The number of hydrogen-bond donors (Lipinski definition) is 1. The van der Waals surface area contributed by atoms with E-state index in [0.717, 1.165) is 13.1 Å². The lowest BCUT2D eigenvalue weighted by atomic mass is 9.83. The van der Waals surface area contributed by atoms with Crippen LogP contribution in [0.3, 0.4) is 0 Å². The fraction of sp³-hybridized carbons (Fsp3) is 0.750. The van der Waals surface area contributed by atoms with Crippen LogP contribution in [0.5, 0.6) is 0 Å². The highest BCUT2D eigenvalue weighted by molar-refractivity contribution is 5.13. The van der Waals surface area contributed by atoms with Crippen molar-refractivity contribution in [1.29, 1.82) is 0 Å². The Hall–Kier alpha value is -0.300. The second kappa shape index (κ2) is 2.14. The third kappa shape index (κ3) is 1.33. The maximum atomic E-state index is 3.33. The summed E-state index contributed by atoms with van der Waals surface area (Å²) in [5.74, 6) is 0. The van der Waals surface area contributed by atoms with Gasteiger partial charge in [0.25, 0.3) is 0 Å². The van der Waals surface area contributed by atoms with E-state index in [0.29, 0.717) is 5.41 Å². The van der Waals surface area contributed by atoms with E-state index >= 15 is 0 Å². The third-order valence-corrected chi connectivity index (χ3v) is 2.19. The van der Waals surface area contributed by atoms with Crippen LogP contribution in [0, 0.1) is 5.41 Å². The predicted molar refractivity (Wildman–Crippen MR) is 40.4 cm³/mol. The lowest BCUT2D eigenvalue weighted by Gasteiger charge is -2.30. The van der Waals surface area contributed by atoms with Crippen LogP contribution in [0.25, 0.3) is 0 Å². The van der Waals surface area contributed by atoms with E-state index in [1.54, 1.807) is 0 Å². The minimum atomic E-state index is 0.387. The smallest absolute Gasteiger partial charge is 0.0137 e. The molecule has 0 radical (unpaired) electrons. The summed E-state index contributed by atoms with van der Waals surface area (Å²) in [6, 6.07) is 0. The Labute approximate surface area is 57.1 Å². The Bertz CT molecular complexity index is 134. The normalized spacial score (nSPS) is 25.4. The van der Waals surface area contributed by atoms with Crippen LogP contribution < -0.4 is 5.32 Å². The summed E-state index contributed by atoms with van der Waals surface area (Å²) in [7, 11) is 0. The number of rotatable bonds is 0. The van der Waals surface area contributed by atoms with Crippen LogP contribution in [0.2, 0.25) is 0 Å². The first-order valence-electron chi connectivity index (χ1n) is 3.51. The van der Waals surface area contributed by atoms with Crippen LogP contribution in [0.15, 0.2) is 11.6 Å². The van der Waals surface area contributed by atoms with E-state index in [1.165, 1.54) is 5.57 Å². The summed E-state index contributed by atoms with van der Waals surface area (Å²) in [4.78, 5) is 0. The van der Waals surface area contributed by atoms with Crippen molar-refractivity contribution in [3.8, 4) is 0 Å². The molecule has 0 saturated carbocycles. The van der Waals surface area contributed by atoms with Gasteiger partial charge in [0.2, 0.25) is 0 Å². The third-order valence-electron chi connectivity index (χ3n) is 2.19. The van der Waals surface area contributed by atoms with Gasteiger partial charge in [-0.1, -0.05) is 25.5 Å². The van der Waals surface area contributed by atoms with Gasteiger partial charge in [-0.2, -0.15) is 0 Å². The minimum absolute atomic E-state index is 0.387. The lowest BCUT2D eigenvalue weighted by molar-refractivity contribution is 0.397. The highest BCUT2D eigenvalue weighted by Crippen LogP contribution is 2.26. The molecule has 1 heterocycles. The SMILES string of the molecule is CC1=CCNCC1(C)C. The lowest BCUT2D eigenvalue weighted by Crippen LogP contribution is -2.34. The standard InChI is InChI=1S/C8H15N/c1-7-4-5-9-6-8(7,2)3/h4,9H,5-6H2,1-3H3. The van der Waals surface area contributed by atoms with Crippen molar-refractivity contribution < 1.29 is 0 Å². The van der Waals surface area contributed by atoms with Crippen molar-refractivity contribution in [2.45, 2.75) is 20.8 Å². The molecule has 0 bridgehead atoms. The largest absolute Gasteiger partial charge is 0.312 e. The quantitative estimate of drug-likeness (QED) is 0.484. The Morgan fingerprint density at radius 1 is 1.56 bits per heavy atom. The molecule has 0 fully saturated rings. The molecule has 0 unspecified atom stereocenters. The number of hydrogen-bond acceptors (Lipinski definition) is 1. The first kappa shape index (κ1) is 6.81. The van der Waals surface area contributed by atoms with Crippen molar-refractivity contribution in [1.82, 2.24) is 5.32 Å². The monoisotopic (exact) mass is 125 g/mol. The fourth-order valence-corrected chi connectivity index (χ4v) is 1.03. The van der Waals surface area contributed by atoms with E-state index in [2.05, 4.69) is 32.2 Å². The van der Waals surface area contributed by atoms with Gasteiger partial charge in [-0.15, -0.1) is 0 Å². The molecule has 0 atom stereocenters.